The fourth-order valence-corrected chi connectivity index (χ4v) is 4.47. The number of ether oxygens (including phenoxy) is 5. The predicted molar refractivity (Wildman–Crippen MR) is 109 cm³/mol. The third kappa shape index (κ3) is 5.64. The second-order valence-corrected chi connectivity index (χ2v) is 9.48. The van der Waals surface area contributed by atoms with Gasteiger partial charge in [0.1, 0.15) is 73.2 Å². The first kappa shape index (κ1) is 29.0. The lowest BCUT2D eigenvalue weighted by atomic mass is 9.87. The summed E-state index contributed by atoms with van der Waals surface area (Å²) in [6, 6.07) is 0. The first-order valence-electron chi connectivity index (χ1n) is 11.3. The Morgan fingerprint density at radius 3 is 1.54 bits per heavy atom. The highest BCUT2D eigenvalue weighted by Gasteiger charge is 2.54. The van der Waals surface area contributed by atoms with Crippen molar-refractivity contribution in [2.75, 3.05) is 19.8 Å². The maximum atomic E-state index is 10.7. The Labute approximate surface area is 200 Å². The molecule has 3 aliphatic heterocycles. The molecule has 0 saturated carbocycles. The second-order valence-electron chi connectivity index (χ2n) is 9.48. The molecule has 15 nitrogen and oxygen atoms in total. The first-order chi connectivity index (χ1) is 16.4. The number of aliphatic hydroxyl groups excluding tert-OH is 10. The van der Waals surface area contributed by atoms with Gasteiger partial charge in [-0.15, -0.1) is 0 Å². The first-order valence-corrected chi connectivity index (χ1v) is 11.3. The van der Waals surface area contributed by atoms with E-state index in [0.717, 1.165) is 0 Å². The van der Waals surface area contributed by atoms with Gasteiger partial charge in [0.05, 0.1) is 25.4 Å². The molecule has 35 heavy (non-hydrogen) atoms. The Hall–Kier alpha value is -0.600. The molecule has 14 atom stereocenters. The molecule has 3 aliphatic rings. The van der Waals surface area contributed by atoms with E-state index in [2.05, 4.69) is 0 Å². The molecule has 0 aliphatic carbocycles. The summed E-state index contributed by atoms with van der Waals surface area (Å²) in [6.45, 7) is 0.873. The molecule has 206 valence electrons. The zero-order valence-corrected chi connectivity index (χ0v) is 19.2. The summed E-state index contributed by atoms with van der Waals surface area (Å²) >= 11 is 0. The van der Waals surface area contributed by atoms with E-state index in [9.17, 15) is 51.1 Å². The molecule has 0 amide bonds. The fraction of sp³-hybridized carbons (Fsp3) is 1.00. The Balaban J connectivity index is 1.73. The van der Waals surface area contributed by atoms with Crippen LogP contribution in [0.25, 0.3) is 0 Å². The smallest absolute Gasteiger partial charge is 0.187 e. The summed E-state index contributed by atoms with van der Waals surface area (Å²) < 4.78 is 27.4. The number of rotatable bonds is 7. The SMILES string of the molecule is CC1(C)OC(CO)C(OC2OC(CO)C(OC3OC(CO)C(O)C(O)C3O)C(O)C2O)C(O)[C@@H]1O. The lowest BCUT2D eigenvalue weighted by molar-refractivity contribution is -0.375. The van der Waals surface area contributed by atoms with Crippen LogP contribution in [0.1, 0.15) is 13.8 Å². The van der Waals surface area contributed by atoms with E-state index < -0.39 is 111 Å². The monoisotopic (exact) mass is 516 g/mol. The lowest BCUT2D eigenvalue weighted by Gasteiger charge is -2.49. The van der Waals surface area contributed by atoms with E-state index >= 15 is 0 Å². The molecular formula is C20H36O15. The Morgan fingerprint density at radius 1 is 0.571 bits per heavy atom. The van der Waals surface area contributed by atoms with Gasteiger partial charge in [0.25, 0.3) is 0 Å². The molecule has 0 spiro atoms. The van der Waals surface area contributed by atoms with Crippen LogP contribution in [0.15, 0.2) is 0 Å². The molecular weight excluding hydrogens is 480 g/mol. The van der Waals surface area contributed by atoms with Crippen LogP contribution in [0.5, 0.6) is 0 Å². The Morgan fingerprint density at radius 2 is 1.03 bits per heavy atom. The zero-order chi connectivity index (χ0) is 26.2. The van der Waals surface area contributed by atoms with Gasteiger partial charge in [0, 0.05) is 0 Å². The molecule has 10 N–H and O–H groups in total. The van der Waals surface area contributed by atoms with Gasteiger partial charge in [0.2, 0.25) is 0 Å². The maximum Gasteiger partial charge on any atom is 0.187 e. The van der Waals surface area contributed by atoms with Crippen LogP contribution in [0, 0.1) is 0 Å². The fourth-order valence-electron chi connectivity index (χ4n) is 4.47. The summed E-state index contributed by atoms with van der Waals surface area (Å²) in [7, 11) is 0. The Bertz CT molecular complexity index is 675. The molecule has 3 fully saturated rings. The summed E-state index contributed by atoms with van der Waals surface area (Å²) in [5.74, 6) is 0. The third-order valence-corrected chi connectivity index (χ3v) is 6.63. The van der Waals surface area contributed by atoms with Gasteiger partial charge < -0.3 is 74.7 Å². The van der Waals surface area contributed by atoms with Crippen LogP contribution in [0.4, 0.5) is 0 Å². The van der Waals surface area contributed by atoms with Crippen molar-refractivity contribution in [1.82, 2.24) is 0 Å². The molecule has 3 rings (SSSR count). The highest BCUT2D eigenvalue weighted by Crippen LogP contribution is 2.34. The van der Waals surface area contributed by atoms with Crippen LogP contribution in [0.3, 0.4) is 0 Å². The standard InChI is InChI=1S/C20H36O15/c1-20(2)17(30)14(29)16(8(5-23)35-20)34-19-13(28)11(26)15(7(4-22)32-19)33-18-12(27)10(25)9(24)6(3-21)31-18/h6-19,21-30H,3-5H2,1-2H3/t6?,7?,8?,9?,10?,11?,12?,13?,14?,15?,16?,17-,18?,19?/m0/s1. The van der Waals surface area contributed by atoms with Crippen LogP contribution in [0.2, 0.25) is 0 Å². The minimum atomic E-state index is -1.86. The molecule has 0 aromatic rings. The topological polar surface area (TPSA) is 248 Å². The third-order valence-electron chi connectivity index (χ3n) is 6.63. The minimum absolute atomic E-state index is 0.616. The molecule has 3 heterocycles. The van der Waals surface area contributed by atoms with Gasteiger partial charge in [-0.2, -0.15) is 0 Å². The largest absolute Gasteiger partial charge is 0.394 e. The van der Waals surface area contributed by atoms with Crippen molar-refractivity contribution >= 4 is 0 Å². The van der Waals surface area contributed by atoms with Crippen molar-refractivity contribution in [3.8, 4) is 0 Å². The van der Waals surface area contributed by atoms with Crippen molar-refractivity contribution in [3.05, 3.63) is 0 Å². The van der Waals surface area contributed by atoms with Crippen LogP contribution >= 0.6 is 0 Å². The van der Waals surface area contributed by atoms with Crippen LogP contribution in [-0.4, -0.2) is 162 Å². The van der Waals surface area contributed by atoms with E-state index in [1.165, 1.54) is 13.8 Å². The molecule has 3 saturated heterocycles. The quantitative estimate of drug-likeness (QED) is 0.151. The van der Waals surface area contributed by atoms with Crippen molar-refractivity contribution in [2.45, 2.75) is 105 Å². The summed E-state index contributed by atoms with van der Waals surface area (Å²) in [5, 5.41) is 101. The zero-order valence-electron chi connectivity index (χ0n) is 19.2. The number of hydrogen-bond acceptors (Lipinski definition) is 15. The van der Waals surface area contributed by atoms with E-state index in [1.54, 1.807) is 0 Å². The minimum Gasteiger partial charge on any atom is -0.394 e. The van der Waals surface area contributed by atoms with Gasteiger partial charge in [-0.05, 0) is 13.8 Å². The summed E-state index contributed by atoms with van der Waals surface area (Å²) in [6.07, 6.45) is -22.0. The van der Waals surface area contributed by atoms with Gasteiger partial charge >= 0.3 is 0 Å². The van der Waals surface area contributed by atoms with Gasteiger partial charge in [0.15, 0.2) is 12.6 Å². The molecule has 0 radical (unpaired) electrons. The highest BCUT2D eigenvalue weighted by molar-refractivity contribution is 4.99. The predicted octanol–water partition coefficient (Wildman–Crippen LogP) is -6.11. The second kappa shape index (κ2) is 11.4. The Kier molecular flexibility index (Phi) is 9.45. The molecule has 0 aromatic carbocycles. The average Bonchev–Trinajstić information content (AvgIpc) is 2.83. The number of hydrogen-bond donors (Lipinski definition) is 10. The van der Waals surface area contributed by atoms with Crippen molar-refractivity contribution in [2.24, 2.45) is 0 Å². The highest BCUT2D eigenvalue weighted by atomic mass is 16.7. The van der Waals surface area contributed by atoms with Gasteiger partial charge in [-0.25, -0.2) is 0 Å². The average molecular weight is 516 g/mol. The maximum absolute atomic E-state index is 10.7. The van der Waals surface area contributed by atoms with Crippen LogP contribution in [-0.2, 0) is 23.7 Å². The van der Waals surface area contributed by atoms with E-state index in [1.807, 2.05) is 0 Å². The lowest BCUT2D eigenvalue weighted by Crippen LogP contribution is -2.67. The molecule has 15 heteroatoms. The van der Waals surface area contributed by atoms with Crippen molar-refractivity contribution in [1.29, 1.82) is 0 Å². The molecule has 13 unspecified atom stereocenters. The number of aliphatic hydroxyl groups is 10. The van der Waals surface area contributed by atoms with Crippen molar-refractivity contribution in [3.63, 3.8) is 0 Å². The molecule has 0 aromatic heterocycles. The summed E-state index contributed by atoms with van der Waals surface area (Å²) in [5.41, 5.74) is -1.23. The van der Waals surface area contributed by atoms with E-state index in [-0.39, 0.29) is 0 Å². The molecule has 0 bridgehead atoms. The van der Waals surface area contributed by atoms with Crippen molar-refractivity contribution < 1.29 is 74.7 Å². The normalized spacial score (nSPS) is 50.7. The van der Waals surface area contributed by atoms with Gasteiger partial charge in [-0.1, -0.05) is 0 Å². The van der Waals surface area contributed by atoms with Crippen LogP contribution < -0.4 is 0 Å². The van der Waals surface area contributed by atoms with Gasteiger partial charge in [-0.3, -0.25) is 0 Å². The van der Waals surface area contributed by atoms with E-state index in [4.69, 9.17) is 23.7 Å². The van der Waals surface area contributed by atoms with E-state index in [0.29, 0.717) is 0 Å². The summed E-state index contributed by atoms with van der Waals surface area (Å²) in [4.78, 5) is 0.